The Hall–Kier alpha value is -0.531. The molecule has 0 saturated heterocycles. The fourth-order valence-corrected chi connectivity index (χ4v) is 0.354. The van der Waals surface area contributed by atoms with Crippen molar-refractivity contribution in [2.75, 3.05) is 0 Å². The number of hydrogen-bond donors (Lipinski definition) is 1. The minimum Gasteiger partial charge on any atom is -0.506 e. The van der Waals surface area contributed by atoms with Crippen LogP contribution in [0.15, 0.2) is 24.5 Å². The van der Waals surface area contributed by atoms with Gasteiger partial charge in [-0.15, -0.1) is 0 Å². The average Bonchev–Trinajstić information content (AvgIpc) is 1.69. The first kappa shape index (κ1) is 7.47. The summed E-state index contributed by atoms with van der Waals surface area (Å²) in [5, 5.41) is 8.57. The third kappa shape index (κ3) is 1.96. The minimum absolute atomic E-state index is 0. The quantitative estimate of drug-likeness (QED) is 0.555. The largest absolute Gasteiger partial charge is 0.506 e. The molecule has 0 aliphatic heterocycles. The Bertz CT molecular complexity index is 142. The van der Waals surface area contributed by atoms with Crippen molar-refractivity contribution >= 4 is 0 Å². The summed E-state index contributed by atoms with van der Waals surface area (Å²) in [6.45, 7) is 0. The van der Waals surface area contributed by atoms with Crippen molar-refractivity contribution in [1.82, 2.24) is 4.98 Å². The molecule has 0 aliphatic rings. The van der Waals surface area contributed by atoms with Crippen LogP contribution in [0, 0.1) is 0 Å². The van der Waals surface area contributed by atoms with Crippen LogP contribution in [0.2, 0.25) is 0 Å². The number of hydrogen-bond acceptors (Lipinski definition) is 2. The second-order valence-corrected chi connectivity index (χ2v) is 1.21. The summed E-state index contributed by atoms with van der Waals surface area (Å²) in [7, 11) is 0. The van der Waals surface area contributed by atoms with E-state index >= 15 is 0 Å². The van der Waals surface area contributed by atoms with Crippen LogP contribution in [0.3, 0.4) is 0 Å². The Kier molecular flexibility index (Phi) is 3.24. The summed E-state index contributed by atoms with van der Waals surface area (Å²) in [4.78, 5) is 3.63. The van der Waals surface area contributed by atoms with E-state index in [0.29, 0.717) is 0 Å². The molecule has 1 heterocycles. The summed E-state index contributed by atoms with van der Waals surface area (Å²) >= 11 is 0. The van der Waals surface area contributed by atoms with Gasteiger partial charge in [0.05, 0.1) is 6.20 Å². The van der Waals surface area contributed by atoms with Crippen LogP contribution in [-0.4, -0.2) is 10.1 Å². The van der Waals surface area contributed by atoms with E-state index in [2.05, 4.69) is 4.98 Å². The molecule has 1 rings (SSSR count). The second-order valence-electron chi connectivity index (χ2n) is 1.21. The molecule has 1 aromatic rings. The number of nitrogens with zero attached hydrogens (tertiary/aromatic N) is 1. The van der Waals surface area contributed by atoms with Gasteiger partial charge in [0.15, 0.2) is 0 Å². The van der Waals surface area contributed by atoms with E-state index < -0.39 is 0 Å². The van der Waals surface area contributed by atoms with Gasteiger partial charge in [0.25, 0.3) is 0 Å². The molecule has 8 heavy (non-hydrogen) atoms. The molecule has 2 nitrogen and oxygen atoms in total. The maximum Gasteiger partial charge on any atom is 0.133 e. The molecule has 0 amide bonds. The Morgan fingerprint density at radius 2 is 2.25 bits per heavy atom. The third-order valence-corrected chi connectivity index (χ3v) is 0.646. The van der Waals surface area contributed by atoms with E-state index in [9.17, 15) is 0 Å². The molecule has 0 radical (unpaired) electrons. The fourth-order valence-electron chi connectivity index (χ4n) is 0.354. The van der Waals surface area contributed by atoms with Crippen LogP contribution in [0.1, 0.15) is 0 Å². The Morgan fingerprint density at radius 1 is 1.50 bits per heavy atom. The van der Waals surface area contributed by atoms with Crippen LogP contribution < -0.4 is 0 Å². The maximum absolute atomic E-state index is 8.57. The van der Waals surface area contributed by atoms with E-state index in [-0.39, 0.29) is 22.8 Å². The topological polar surface area (TPSA) is 33.1 Å². The Balaban J connectivity index is 0.000000490. The Morgan fingerprint density at radius 3 is 2.50 bits per heavy atom. The van der Waals surface area contributed by atoms with Crippen molar-refractivity contribution in [1.29, 1.82) is 0 Å². The molecule has 0 atom stereocenters. The van der Waals surface area contributed by atoms with Gasteiger partial charge in [0.1, 0.15) is 5.75 Å². The minimum atomic E-state index is 0. The second kappa shape index (κ2) is 3.47. The fraction of sp³-hybridized carbons (Fsp3) is 0. The zero-order valence-electron chi connectivity index (χ0n) is 4.06. The van der Waals surface area contributed by atoms with Gasteiger partial charge in [-0.3, -0.25) is 4.98 Å². The number of aromatic nitrogens is 1. The molecular weight excluding hydrogens is 146 g/mol. The van der Waals surface area contributed by atoms with Crippen molar-refractivity contribution in [3.05, 3.63) is 24.5 Å². The normalized spacial score (nSPS) is 7.50. The predicted molar refractivity (Wildman–Crippen MR) is 25.9 cm³/mol. The predicted octanol–water partition coefficient (Wildman–Crippen LogP) is 0.785. The summed E-state index contributed by atoms with van der Waals surface area (Å²) in [6, 6.07) is 3.25. The summed E-state index contributed by atoms with van der Waals surface area (Å²) in [6.07, 6.45) is 3.00. The molecule has 0 saturated carbocycles. The average molecular weight is 151 g/mol. The maximum atomic E-state index is 8.57. The van der Waals surface area contributed by atoms with Gasteiger partial charge in [-0.1, -0.05) is 0 Å². The van der Waals surface area contributed by atoms with Crippen LogP contribution in [0.5, 0.6) is 5.75 Å². The zero-order chi connectivity index (χ0) is 5.11. The molecule has 3 heteroatoms. The molecule has 1 aromatic heterocycles. The first-order valence-corrected chi connectivity index (χ1v) is 1.98. The molecule has 0 aromatic carbocycles. The van der Waals surface area contributed by atoms with Crippen LogP contribution >= 0.6 is 0 Å². The van der Waals surface area contributed by atoms with Crippen LogP contribution in [-0.2, 0) is 17.1 Å². The molecule has 0 bridgehead atoms. The molecule has 0 aliphatic carbocycles. The number of rotatable bonds is 0. The number of aromatic hydroxyl groups is 1. The summed E-state index contributed by atoms with van der Waals surface area (Å²) in [5.41, 5.74) is 0. The van der Waals surface area contributed by atoms with E-state index in [0.717, 1.165) is 0 Å². The first-order chi connectivity index (χ1) is 3.39. The molecule has 44 valence electrons. The molecule has 0 unspecified atom stereocenters. The molecule has 1 N–H and O–H groups in total. The monoisotopic (exact) mass is 151 g/mol. The van der Waals surface area contributed by atoms with E-state index in [1.54, 1.807) is 18.3 Å². The molecule has 0 fully saturated rings. The zero-order valence-corrected chi connectivity index (χ0v) is 5.16. The van der Waals surface area contributed by atoms with E-state index in [1.807, 2.05) is 0 Å². The van der Waals surface area contributed by atoms with Crippen molar-refractivity contribution in [3.8, 4) is 5.75 Å². The van der Waals surface area contributed by atoms with Crippen molar-refractivity contribution in [3.63, 3.8) is 0 Å². The van der Waals surface area contributed by atoms with E-state index in [1.165, 1.54) is 6.20 Å². The van der Waals surface area contributed by atoms with Gasteiger partial charge in [0, 0.05) is 23.3 Å². The summed E-state index contributed by atoms with van der Waals surface area (Å²) < 4.78 is 0. The van der Waals surface area contributed by atoms with Gasteiger partial charge < -0.3 is 5.11 Å². The van der Waals surface area contributed by atoms with Gasteiger partial charge in [-0.25, -0.2) is 0 Å². The molecule has 0 spiro atoms. The van der Waals surface area contributed by atoms with Gasteiger partial charge >= 0.3 is 0 Å². The standard InChI is InChI=1S/C5H5NO.Fe/c7-5-2-1-3-6-4-5;/h1-4,7H;. The van der Waals surface area contributed by atoms with Crippen molar-refractivity contribution < 1.29 is 22.2 Å². The molecular formula is C5H5FeNO. The first-order valence-electron chi connectivity index (χ1n) is 1.98. The van der Waals surface area contributed by atoms with Crippen LogP contribution in [0.25, 0.3) is 0 Å². The van der Waals surface area contributed by atoms with E-state index in [4.69, 9.17) is 5.11 Å². The van der Waals surface area contributed by atoms with Gasteiger partial charge in [-0.2, -0.15) is 0 Å². The smallest absolute Gasteiger partial charge is 0.133 e. The van der Waals surface area contributed by atoms with Crippen molar-refractivity contribution in [2.24, 2.45) is 0 Å². The van der Waals surface area contributed by atoms with Crippen LogP contribution in [0.4, 0.5) is 0 Å². The third-order valence-electron chi connectivity index (χ3n) is 0.646. The van der Waals surface area contributed by atoms with Gasteiger partial charge in [-0.05, 0) is 12.1 Å². The van der Waals surface area contributed by atoms with Gasteiger partial charge in [0.2, 0.25) is 0 Å². The van der Waals surface area contributed by atoms with Crippen molar-refractivity contribution in [2.45, 2.75) is 0 Å². The number of pyridine rings is 1. The Labute approximate surface area is 58.0 Å². The SMILES string of the molecule is Oc1cccnc1.[Fe]. The summed E-state index contributed by atoms with van der Waals surface area (Å²) in [5.74, 6) is 0.211.